The van der Waals surface area contributed by atoms with Crippen LogP contribution in [-0.2, 0) is 14.8 Å². The topological polar surface area (TPSA) is 75.7 Å². The third-order valence-electron chi connectivity index (χ3n) is 4.19. The summed E-state index contributed by atoms with van der Waals surface area (Å²) in [6.07, 6.45) is 0. The molecular formula is C18H20N2O4S. The van der Waals surface area contributed by atoms with Gasteiger partial charge in [0.25, 0.3) is 0 Å². The van der Waals surface area contributed by atoms with Gasteiger partial charge < -0.3 is 10.1 Å². The van der Waals surface area contributed by atoms with Gasteiger partial charge in [-0.15, -0.1) is 0 Å². The molecule has 1 unspecified atom stereocenters. The molecule has 132 valence electrons. The number of rotatable bonds is 4. The van der Waals surface area contributed by atoms with E-state index in [9.17, 15) is 13.2 Å². The number of methoxy groups -OCH3 is 1. The number of ether oxygens (including phenoxy) is 1. The first-order chi connectivity index (χ1) is 11.9. The van der Waals surface area contributed by atoms with Gasteiger partial charge in [-0.2, -0.15) is 4.31 Å². The van der Waals surface area contributed by atoms with E-state index in [4.69, 9.17) is 4.74 Å². The van der Waals surface area contributed by atoms with Crippen molar-refractivity contribution < 1.29 is 17.9 Å². The summed E-state index contributed by atoms with van der Waals surface area (Å²) < 4.78 is 32.6. The van der Waals surface area contributed by atoms with Gasteiger partial charge in [0.05, 0.1) is 12.0 Å². The summed E-state index contributed by atoms with van der Waals surface area (Å²) in [5, 5.41) is 2.76. The Balaban J connectivity index is 2.03. The summed E-state index contributed by atoms with van der Waals surface area (Å²) in [4.78, 5) is 12.6. The molecule has 1 N–H and O–H groups in total. The lowest BCUT2D eigenvalue weighted by molar-refractivity contribution is -0.126. The normalized spacial score (nSPS) is 18.6. The third-order valence-corrected chi connectivity index (χ3v) is 6.07. The molecule has 0 bridgehead atoms. The second-order valence-corrected chi connectivity index (χ2v) is 7.79. The summed E-state index contributed by atoms with van der Waals surface area (Å²) in [5.74, 6) is 0.263. The quantitative estimate of drug-likeness (QED) is 0.903. The predicted octanol–water partition coefficient (Wildman–Crippen LogP) is 1.87. The highest BCUT2D eigenvalue weighted by Crippen LogP contribution is 2.30. The number of piperazine rings is 1. The third kappa shape index (κ3) is 3.38. The van der Waals surface area contributed by atoms with Gasteiger partial charge in [-0.1, -0.05) is 29.8 Å². The van der Waals surface area contributed by atoms with Gasteiger partial charge >= 0.3 is 0 Å². The molecule has 25 heavy (non-hydrogen) atoms. The van der Waals surface area contributed by atoms with Crippen LogP contribution < -0.4 is 10.1 Å². The minimum atomic E-state index is -3.81. The second kappa shape index (κ2) is 6.85. The Morgan fingerprint density at radius 2 is 1.88 bits per heavy atom. The van der Waals surface area contributed by atoms with Gasteiger partial charge in [-0.25, -0.2) is 8.42 Å². The number of hydrogen-bond donors (Lipinski definition) is 1. The van der Waals surface area contributed by atoms with E-state index in [1.165, 1.54) is 23.5 Å². The van der Waals surface area contributed by atoms with Crippen molar-refractivity contribution in [2.75, 3.05) is 20.2 Å². The first-order valence-electron chi connectivity index (χ1n) is 7.93. The van der Waals surface area contributed by atoms with Crippen LogP contribution >= 0.6 is 0 Å². The van der Waals surface area contributed by atoms with Crippen molar-refractivity contribution in [3.05, 3.63) is 59.7 Å². The molecule has 7 heteroatoms. The average Bonchev–Trinajstić information content (AvgIpc) is 2.61. The fraction of sp³-hybridized carbons (Fsp3) is 0.278. The van der Waals surface area contributed by atoms with Crippen LogP contribution in [0, 0.1) is 6.92 Å². The maximum atomic E-state index is 13.1. The largest absolute Gasteiger partial charge is 0.497 e. The first-order valence-corrected chi connectivity index (χ1v) is 9.37. The molecule has 1 saturated heterocycles. The minimum absolute atomic E-state index is 0.139. The van der Waals surface area contributed by atoms with E-state index in [1.54, 1.807) is 18.2 Å². The summed E-state index contributed by atoms with van der Waals surface area (Å²) in [6.45, 7) is 2.42. The SMILES string of the molecule is COc1ccc(S(=O)(=O)N2CCNC(=O)C2c2cccc(C)c2)cc1. The standard InChI is InChI=1S/C18H20N2O4S/c1-13-4-3-5-14(12-13)17-18(21)19-10-11-20(17)25(22,23)16-8-6-15(24-2)7-9-16/h3-9,12,17H,10-11H2,1-2H3,(H,19,21). The van der Waals surface area contributed by atoms with E-state index < -0.39 is 16.1 Å². The zero-order valence-electron chi connectivity index (χ0n) is 14.1. The smallest absolute Gasteiger partial charge is 0.244 e. The number of amides is 1. The molecule has 1 heterocycles. The monoisotopic (exact) mass is 360 g/mol. The van der Waals surface area contributed by atoms with Crippen LogP contribution in [0.5, 0.6) is 5.75 Å². The summed E-state index contributed by atoms with van der Waals surface area (Å²) in [6, 6.07) is 12.7. The lowest BCUT2D eigenvalue weighted by Gasteiger charge is -2.34. The minimum Gasteiger partial charge on any atom is -0.497 e. The highest BCUT2D eigenvalue weighted by molar-refractivity contribution is 7.89. The number of sulfonamides is 1. The number of carbonyl (C=O) groups is 1. The molecule has 0 spiro atoms. The zero-order chi connectivity index (χ0) is 18.0. The van der Waals surface area contributed by atoms with Crippen LogP contribution in [0.2, 0.25) is 0 Å². The second-order valence-electron chi connectivity index (χ2n) is 5.90. The maximum Gasteiger partial charge on any atom is 0.244 e. The molecule has 1 aliphatic heterocycles. The Bertz CT molecular complexity index is 878. The number of carbonyl (C=O) groups excluding carboxylic acids is 1. The number of nitrogens with zero attached hydrogens (tertiary/aromatic N) is 1. The molecule has 1 atom stereocenters. The van der Waals surface area contributed by atoms with Crippen molar-refractivity contribution >= 4 is 15.9 Å². The maximum absolute atomic E-state index is 13.1. The van der Waals surface area contributed by atoms with Crippen molar-refractivity contribution in [1.29, 1.82) is 0 Å². The van der Waals surface area contributed by atoms with E-state index >= 15 is 0 Å². The Morgan fingerprint density at radius 1 is 1.16 bits per heavy atom. The first kappa shape index (κ1) is 17.4. The molecule has 0 saturated carbocycles. The predicted molar refractivity (Wildman–Crippen MR) is 93.8 cm³/mol. The highest BCUT2D eigenvalue weighted by Gasteiger charge is 2.39. The molecule has 1 fully saturated rings. The molecule has 3 rings (SSSR count). The van der Waals surface area contributed by atoms with Crippen molar-refractivity contribution in [2.45, 2.75) is 17.9 Å². The Hall–Kier alpha value is -2.38. The molecule has 6 nitrogen and oxygen atoms in total. The molecule has 0 radical (unpaired) electrons. The summed E-state index contributed by atoms with van der Waals surface area (Å²) in [7, 11) is -2.29. The summed E-state index contributed by atoms with van der Waals surface area (Å²) in [5.41, 5.74) is 1.63. The molecule has 2 aromatic rings. The van der Waals surface area contributed by atoms with Crippen LogP contribution in [0.3, 0.4) is 0 Å². The van der Waals surface area contributed by atoms with Gasteiger partial charge in [0, 0.05) is 13.1 Å². The van der Waals surface area contributed by atoms with E-state index in [0.29, 0.717) is 11.3 Å². The molecular weight excluding hydrogens is 340 g/mol. The summed E-state index contributed by atoms with van der Waals surface area (Å²) >= 11 is 0. The number of benzene rings is 2. The molecule has 1 aliphatic rings. The Labute approximate surface area is 147 Å². The van der Waals surface area contributed by atoms with Gasteiger partial charge in [0.2, 0.25) is 15.9 Å². The average molecular weight is 360 g/mol. The lowest BCUT2D eigenvalue weighted by Crippen LogP contribution is -2.52. The number of aryl methyl sites for hydroxylation is 1. The fourth-order valence-electron chi connectivity index (χ4n) is 2.95. The van der Waals surface area contributed by atoms with Crippen LogP contribution in [0.1, 0.15) is 17.2 Å². The zero-order valence-corrected chi connectivity index (χ0v) is 14.9. The molecule has 1 amide bonds. The van der Waals surface area contributed by atoms with Gasteiger partial charge in [-0.3, -0.25) is 4.79 Å². The molecule has 0 aliphatic carbocycles. The Kier molecular flexibility index (Phi) is 4.78. The lowest BCUT2D eigenvalue weighted by atomic mass is 10.0. The van der Waals surface area contributed by atoms with Crippen LogP contribution in [0.4, 0.5) is 0 Å². The fourth-order valence-corrected chi connectivity index (χ4v) is 4.52. The van der Waals surface area contributed by atoms with Gasteiger partial charge in [-0.05, 0) is 36.8 Å². The number of nitrogens with one attached hydrogen (secondary N) is 1. The highest BCUT2D eigenvalue weighted by atomic mass is 32.2. The molecule has 2 aromatic carbocycles. The van der Waals surface area contributed by atoms with E-state index in [-0.39, 0.29) is 23.9 Å². The van der Waals surface area contributed by atoms with E-state index in [1.807, 2.05) is 25.1 Å². The van der Waals surface area contributed by atoms with Gasteiger partial charge in [0.1, 0.15) is 11.8 Å². The van der Waals surface area contributed by atoms with Crippen LogP contribution in [0.25, 0.3) is 0 Å². The van der Waals surface area contributed by atoms with E-state index in [0.717, 1.165) is 5.56 Å². The van der Waals surface area contributed by atoms with Crippen LogP contribution in [-0.4, -0.2) is 38.8 Å². The van der Waals surface area contributed by atoms with Crippen molar-refractivity contribution in [1.82, 2.24) is 9.62 Å². The van der Waals surface area contributed by atoms with Crippen molar-refractivity contribution in [2.24, 2.45) is 0 Å². The van der Waals surface area contributed by atoms with Gasteiger partial charge in [0.15, 0.2) is 0 Å². The Morgan fingerprint density at radius 3 is 2.52 bits per heavy atom. The number of hydrogen-bond acceptors (Lipinski definition) is 4. The van der Waals surface area contributed by atoms with E-state index in [2.05, 4.69) is 5.32 Å². The van der Waals surface area contributed by atoms with Crippen molar-refractivity contribution in [3.8, 4) is 5.75 Å². The van der Waals surface area contributed by atoms with Crippen LogP contribution in [0.15, 0.2) is 53.4 Å². The van der Waals surface area contributed by atoms with Crippen molar-refractivity contribution in [3.63, 3.8) is 0 Å². The molecule has 0 aromatic heterocycles.